The lowest BCUT2D eigenvalue weighted by Gasteiger charge is -2.15. The van der Waals surface area contributed by atoms with Crippen LogP contribution in [0.15, 0.2) is 54.6 Å². The summed E-state index contributed by atoms with van der Waals surface area (Å²) in [6.45, 7) is 1.17. The molecule has 8 heteroatoms. The van der Waals surface area contributed by atoms with E-state index in [0.29, 0.717) is 29.9 Å². The molecule has 2 aromatic carbocycles. The molecular formula is C22H16F5N3. The largest absolute Gasteiger partial charge is 0.435 e. The maximum Gasteiger partial charge on any atom is 0.435 e. The minimum absolute atomic E-state index is 0.316. The van der Waals surface area contributed by atoms with Crippen LogP contribution in [0.1, 0.15) is 22.4 Å². The molecule has 4 rings (SSSR count). The Balaban J connectivity index is 1.75. The molecule has 3 aromatic rings. The van der Waals surface area contributed by atoms with Crippen molar-refractivity contribution in [2.45, 2.75) is 12.7 Å². The molecule has 0 saturated heterocycles. The highest BCUT2D eigenvalue weighted by molar-refractivity contribution is 5.83. The van der Waals surface area contributed by atoms with Crippen LogP contribution < -0.4 is 0 Å². The van der Waals surface area contributed by atoms with Gasteiger partial charge in [-0.05, 0) is 59.6 Å². The predicted molar refractivity (Wildman–Crippen MR) is 102 cm³/mol. The van der Waals surface area contributed by atoms with Gasteiger partial charge in [0.1, 0.15) is 0 Å². The van der Waals surface area contributed by atoms with Crippen LogP contribution in [0.5, 0.6) is 0 Å². The van der Waals surface area contributed by atoms with E-state index in [2.05, 4.69) is 10.2 Å². The zero-order chi connectivity index (χ0) is 21.5. The first-order chi connectivity index (χ1) is 14.2. The molecule has 154 valence electrons. The summed E-state index contributed by atoms with van der Waals surface area (Å²) in [4.78, 5) is 2.04. The van der Waals surface area contributed by atoms with E-state index in [1.54, 1.807) is 6.07 Å². The van der Waals surface area contributed by atoms with Gasteiger partial charge in [0.25, 0.3) is 0 Å². The highest BCUT2D eigenvalue weighted by atomic mass is 19.4. The highest BCUT2D eigenvalue weighted by Crippen LogP contribution is 2.33. The normalized spacial score (nSPS) is 14.8. The summed E-state index contributed by atoms with van der Waals surface area (Å²) >= 11 is 0. The van der Waals surface area contributed by atoms with Crippen LogP contribution >= 0.6 is 0 Å². The molecule has 3 nitrogen and oxygen atoms in total. The van der Waals surface area contributed by atoms with Gasteiger partial charge in [-0.25, -0.2) is 8.78 Å². The third-order valence-electron chi connectivity index (χ3n) is 4.92. The molecule has 1 aliphatic rings. The van der Waals surface area contributed by atoms with Crippen molar-refractivity contribution in [2.24, 2.45) is 0 Å². The molecule has 0 fully saturated rings. The van der Waals surface area contributed by atoms with E-state index in [9.17, 15) is 22.0 Å². The van der Waals surface area contributed by atoms with E-state index in [4.69, 9.17) is 0 Å². The SMILES string of the molecule is CN1CC=C(c2ccc(F)c(F)c2)c2ccc(-c3ccc(C(F)(F)F)nn3)cc2C1. The first-order valence-electron chi connectivity index (χ1n) is 9.11. The fourth-order valence-corrected chi connectivity index (χ4v) is 3.43. The molecule has 0 unspecified atom stereocenters. The van der Waals surface area contributed by atoms with Gasteiger partial charge in [-0.15, -0.1) is 10.2 Å². The van der Waals surface area contributed by atoms with Gasteiger partial charge in [-0.2, -0.15) is 13.2 Å². The standard InChI is InChI=1S/C22H16F5N3/c1-30-9-8-17(13-3-5-18(23)19(24)11-13)16-4-2-14(10-15(16)12-30)20-6-7-21(29-28-20)22(25,26)27/h2-8,10-11H,9,12H2,1H3. The van der Waals surface area contributed by atoms with E-state index in [0.717, 1.165) is 34.9 Å². The molecule has 0 radical (unpaired) electrons. The first kappa shape index (κ1) is 20.2. The van der Waals surface area contributed by atoms with Crippen molar-refractivity contribution in [3.63, 3.8) is 0 Å². The van der Waals surface area contributed by atoms with E-state index in [-0.39, 0.29) is 0 Å². The fraction of sp³-hybridized carbons (Fsp3) is 0.182. The second-order valence-electron chi connectivity index (χ2n) is 7.12. The summed E-state index contributed by atoms with van der Waals surface area (Å²) in [6.07, 6.45) is -2.61. The number of alkyl halides is 3. The number of fused-ring (bicyclic) bond motifs is 1. The summed E-state index contributed by atoms with van der Waals surface area (Å²) in [5.41, 5.74) is 2.93. The Hall–Kier alpha value is -3.13. The van der Waals surface area contributed by atoms with Crippen molar-refractivity contribution >= 4 is 5.57 Å². The fourth-order valence-electron chi connectivity index (χ4n) is 3.43. The predicted octanol–water partition coefficient (Wildman–Crippen LogP) is 5.32. The van der Waals surface area contributed by atoms with E-state index in [1.165, 1.54) is 12.1 Å². The number of likely N-dealkylation sites (N-methyl/N-ethyl adjacent to an activating group) is 1. The third kappa shape index (κ3) is 3.95. The van der Waals surface area contributed by atoms with E-state index < -0.39 is 23.5 Å². The Morgan fingerprint density at radius 2 is 1.63 bits per heavy atom. The Labute approximate surface area is 169 Å². The molecule has 1 aliphatic heterocycles. The van der Waals surface area contributed by atoms with Crippen LogP contribution in [0, 0.1) is 11.6 Å². The lowest BCUT2D eigenvalue weighted by atomic mass is 9.92. The number of aromatic nitrogens is 2. The summed E-state index contributed by atoms with van der Waals surface area (Å²) < 4.78 is 65.3. The first-order valence-corrected chi connectivity index (χ1v) is 9.11. The summed E-state index contributed by atoms with van der Waals surface area (Å²) in [5.74, 6) is -1.84. The van der Waals surface area contributed by atoms with Crippen LogP contribution in [0.2, 0.25) is 0 Å². The average Bonchev–Trinajstić information content (AvgIpc) is 2.87. The molecule has 0 N–H and O–H groups in total. The van der Waals surface area contributed by atoms with Crippen molar-refractivity contribution in [1.29, 1.82) is 0 Å². The van der Waals surface area contributed by atoms with Gasteiger partial charge in [0, 0.05) is 18.7 Å². The van der Waals surface area contributed by atoms with Gasteiger partial charge >= 0.3 is 6.18 Å². The third-order valence-corrected chi connectivity index (χ3v) is 4.92. The van der Waals surface area contributed by atoms with Crippen LogP contribution in [0.4, 0.5) is 22.0 Å². The quantitative estimate of drug-likeness (QED) is 0.529. The van der Waals surface area contributed by atoms with Crippen LogP contribution in [-0.4, -0.2) is 28.7 Å². The molecular weight excluding hydrogens is 401 g/mol. The van der Waals surface area contributed by atoms with Crippen LogP contribution in [-0.2, 0) is 12.7 Å². The number of hydrogen-bond acceptors (Lipinski definition) is 3. The van der Waals surface area contributed by atoms with Gasteiger partial charge in [0.15, 0.2) is 17.3 Å². The molecule has 0 aliphatic carbocycles. The van der Waals surface area contributed by atoms with E-state index in [1.807, 2.05) is 30.2 Å². The molecule has 0 amide bonds. The second-order valence-corrected chi connectivity index (χ2v) is 7.12. The Morgan fingerprint density at radius 1 is 0.867 bits per heavy atom. The maximum absolute atomic E-state index is 13.8. The Bertz CT molecular complexity index is 1120. The zero-order valence-corrected chi connectivity index (χ0v) is 15.8. The van der Waals surface area contributed by atoms with Gasteiger partial charge < -0.3 is 0 Å². The van der Waals surface area contributed by atoms with Gasteiger partial charge in [-0.1, -0.05) is 24.3 Å². The topological polar surface area (TPSA) is 29.0 Å². The summed E-state index contributed by atoms with van der Waals surface area (Å²) in [7, 11) is 1.92. The molecule has 2 heterocycles. The summed E-state index contributed by atoms with van der Waals surface area (Å²) in [5, 5.41) is 6.99. The van der Waals surface area contributed by atoms with Crippen LogP contribution in [0.3, 0.4) is 0 Å². The molecule has 0 atom stereocenters. The smallest absolute Gasteiger partial charge is 0.298 e. The Kier molecular flexibility index (Phi) is 5.11. The van der Waals surface area contributed by atoms with Gasteiger partial charge in [0.2, 0.25) is 0 Å². The molecule has 0 bridgehead atoms. The van der Waals surface area contributed by atoms with Gasteiger partial charge in [0.05, 0.1) is 5.69 Å². The monoisotopic (exact) mass is 417 g/mol. The van der Waals surface area contributed by atoms with E-state index >= 15 is 0 Å². The lowest BCUT2D eigenvalue weighted by Crippen LogP contribution is -2.16. The van der Waals surface area contributed by atoms with Crippen molar-refractivity contribution in [3.8, 4) is 11.3 Å². The highest BCUT2D eigenvalue weighted by Gasteiger charge is 2.33. The number of hydrogen-bond donors (Lipinski definition) is 0. The number of nitrogens with zero attached hydrogens (tertiary/aromatic N) is 3. The minimum Gasteiger partial charge on any atom is -0.298 e. The Morgan fingerprint density at radius 3 is 2.30 bits per heavy atom. The van der Waals surface area contributed by atoms with Crippen molar-refractivity contribution in [1.82, 2.24) is 15.1 Å². The summed E-state index contributed by atoms with van der Waals surface area (Å²) in [6, 6.07) is 11.3. The average molecular weight is 417 g/mol. The van der Waals surface area contributed by atoms with Crippen molar-refractivity contribution in [2.75, 3.05) is 13.6 Å². The van der Waals surface area contributed by atoms with Crippen LogP contribution in [0.25, 0.3) is 16.8 Å². The zero-order valence-electron chi connectivity index (χ0n) is 15.8. The minimum atomic E-state index is -4.55. The number of halogens is 5. The maximum atomic E-state index is 13.8. The number of rotatable bonds is 2. The van der Waals surface area contributed by atoms with Gasteiger partial charge in [-0.3, -0.25) is 4.90 Å². The molecule has 30 heavy (non-hydrogen) atoms. The lowest BCUT2D eigenvalue weighted by molar-refractivity contribution is -0.141. The van der Waals surface area contributed by atoms with Crippen molar-refractivity contribution in [3.05, 3.63) is 88.6 Å². The second kappa shape index (κ2) is 7.60. The molecule has 0 spiro atoms. The molecule has 0 saturated carbocycles. The molecule has 1 aromatic heterocycles. The van der Waals surface area contributed by atoms with Crippen molar-refractivity contribution < 1.29 is 22.0 Å². The number of benzene rings is 2.